The lowest BCUT2D eigenvalue weighted by Gasteiger charge is -2.35. The number of nitrogens with zero attached hydrogens (tertiary/aromatic N) is 6. The molecule has 0 spiro atoms. The van der Waals surface area contributed by atoms with E-state index in [4.69, 9.17) is 11.6 Å². The van der Waals surface area contributed by atoms with Gasteiger partial charge in [-0.1, -0.05) is 11.6 Å². The fraction of sp³-hybridized carbons (Fsp3) is 0.200. The second-order valence-electron chi connectivity index (χ2n) is 8.13. The number of benzene rings is 2. The molecule has 0 bridgehead atoms. The van der Waals surface area contributed by atoms with Crippen molar-refractivity contribution in [3.63, 3.8) is 0 Å². The van der Waals surface area contributed by atoms with Gasteiger partial charge in [0.15, 0.2) is 11.6 Å². The van der Waals surface area contributed by atoms with Crippen molar-refractivity contribution >= 4 is 23.3 Å². The van der Waals surface area contributed by atoms with Gasteiger partial charge in [0.2, 0.25) is 5.91 Å². The average molecular weight is 495 g/mol. The van der Waals surface area contributed by atoms with Gasteiger partial charge < -0.3 is 9.80 Å². The molecular weight excluding hydrogens is 474 g/mol. The van der Waals surface area contributed by atoms with Gasteiger partial charge in [-0.2, -0.15) is 0 Å². The first-order chi connectivity index (χ1) is 17.0. The van der Waals surface area contributed by atoms with Crippen LogP contribution in [-0.4, -0.2) is 56.7 Å². The van der Waals surface area contributed by atoms with E-state index in [1.165, 1.54) is 28.9 Å². The third kappa shape index (κ3) is 5.14. The first kappa shape index (κ1) is 22.9. The molecule has 1 aliphatic rings. The van der Waals surface area contributed by atoms with Crippen LogP contribution in [0.2, 0.25) is 5.02 Å². The first-order valence-corrected chi connectivity index (χ1v) is 11.4. The van der Waals surface area contributed by atoms with Crippen LogP contribution in [0, 0.1) is 11.6 Å². The Morgan fingerprint density at radius 2 is 1.49 bits per heavy atom. The molecule has 1 fully saturated rings. The number of amides is 1. The Labute approximate surface area is 205 Å². The third-order valence-corrected chi connectivity index (χ3v) is 6.05. The van der Waals surface area contributed by atoms with Crippen molar-refractivity contribution in [1.82, 2.24) is 24.6 Å². The minimum Gasteiger partial charge on any atom is -0.353 e. The van der Waals surface area contributed by atoms with E-state index in [0.29, 0.717) is 54.0 Å². The molecule has 1 saturated heterocycles. The van der Waals surface area contributed by atoms with Crippen molar-refractivity contribution in [2.45, 2.75) is 6.54 Å². The van der Waals surface area contributed by atoms with Gasteiger partial charge in [-0.05, 0) is 60.7 Å². The smallest absolute Gasteiger partial charge is 0.244 e. The molecular formula is C25H21ClF2N6O. The van der Waals surface area contributed by atoms with Crippen LogP contribution in [0.3, 0.4) is 0 Å². The fourth-order valence-electron chi connectivity index (χ4n) is 3.95. The standard InChI is InChI=1S/C25H21ClF2N6O/c26-19-5-10-22(29-15-19)32-11-13-33(14-12-32)23(35)16-34-25(18-3-8-21(28)9-4-18)30-24(31-34)17-1-6-20(27)7-2-17/h1-10,15H,11-14,16H2. The van der Waals surface area contributed by atoms with Crippen LogP contribution in [0.1, 0.15) is 0 Å². The predicted octanol–water partition coefficient (Wildman–Crippen LogP) is 4.29. The Morgan fingerprint density at radius 1 is 0.857 bits per heavy atom. The van der Waals surface area contributed by atoms with E-state index in [1.54, 1.807) is 41.4 Å². The van der Waals surface area contributed by atoms with E-state index in [2.05, 4.69) is 20.0 Å². The molecule has 0 saturated carbocycles. The number of pyridine rings is 1. The molecule has 10 heteroatoms. The molecule has 1 aliphatic heterocycles. The van der Waals surface area contributed by atoms with Crippen molar-refractivity contribution in [1.29, 1.82) is 0 Å². The number of piperazine rings is 1. The molecule has 3 heterocycles. The third-order valence-electron chi connectivity index (χ3n) is 5.83. The van der Waals surface area contributed by atoms with Gasteiger partial charge in [-0.15, -0.1) is 5.10 Å². The molecule has 2 aromatic heterocycles. The summed E-state index contributed by atoms with van der Waals surface area (Å²) in [5, 5.41) is 5.10. The molecule has 178 valence electrons. The van der Waals surface area contributed by atoms with Crippen molar-refractivity contribution in [3.05, 3.63) is 83.5 Å². The summed E-state index contributed by atoms with van der Waals surface area (Å²) in [6, 6.07) is 15.3. The number of aromatic nitrogens is 4. The zero-order valence-corrected chi connectivity index (χ0v) is 19.4. The monoisotopic (exact) mass is 494 g/mol. The summed E-state index contributed by atoms with van der Waals surface area (Å²) in [6.07, 6.45) is 1.61. The first-order valence-electron chi connectivity index (χ1n) is 11.1. The molecule has 1 amide bonds. The van der Waals surface area contributed by atoms with Crippen LogP contribution < -0.4 is 4.90 Å². The minimum absolute atomic E-state index is 0.0277. The molecule has 0 radical (unpaired) electrons. The number of carbonyl (C=O) groups excluding carboxylic acids is 1. The SMILES string of the molecule is O=C(Cn1nc(-c2ccc(F)cc2)nc1-c1ccc(F)cc1)N1CCN(c2ccc(Cl)cn2)CC1. The number of hydrogen-bond donors (Lipinski definition) is 0. The summed E-state index contributed by atoms with van der Waals surface area (Å²) in [4.78, 5) is 26.0. The molecule has 5 rings (SSSR count). The number of carbonyl (C=O) groups is 1. The lowest BCUT2D eigenvalue weighted by atomic mass is 10.2. The van der Waals surface area contributed by atoms with Gasteiger partial charge in [-0.3, -0.25) is 4.79 Å². The Hall–Kier alpha value is -3.85. The maximum Gasteiger partial charge on any atom is 0.244 e. The summed E-state index contributed by atoms with van der Waals surface area (Å²) in [5.41, 5.74) is 1.24. The van der Waals surface area contributed by atoms with E-state index in [-0.39, 0.29) is 24.1 Å². The normalized spacial score (nSPS) is 13.8. The van der Waals surface area contributed by atoms with E-state index < -0.39 is 0 Å². The average Bonchev–Trinajstić information content (AvgIpc) is 3.29. The van der Waals surface area contributed by atoms with Crippen LogP contribution in [-0.2, 0) is 11.3 Å². The molecule has 0 atom stereocenters. The van der Waals surface area contributed by atoms with Gasteiger partial charge in [0.05, 0.1) is 5.02 Å². The zero-order chi connectivity index (χ0) is 24.4. The maximum atomic E-state index is 13.5. The Morgan fingerprint density at radius 3 is 2.09 bits per heavy atom. The largest absolute Gasteiger partial charge is 0.353 e. The molecule has 35 heavy (non-hydrogen) atoms. The predicted molar refractivity (Wildman–Crippen MR) is 129 cm³/mol. The highest BCUT2D eigenvalue weighted by molar-refractivity contribution is 6.30. The Kier molecular flexibility index (Phi) is 6.41. The van der Waals surface area contributed by atoms with Crippen molar-refractivity contribution in [2.24, 2.45) is 0 Å². The molecule has 0 unspecified atom stereocenters. The lowest BCUT2D eigenvalue weighted by Crippen LogP contribution is -2.50. The van der Waals surface area contributed by atoms with Gasteiger partial charge >= 0.3 is 0 Å². The topological polar surface area (TPSA) is 67.2 Å². The van der Waals surface area contributed by atoms with Crippen LogP contribution in [0.25, 0.3) is 22.8 Å². The quantitative estimate of drug-likeness (QED) is 0.414. The number of halogens is 3. The molecule has 2 aromatic carbocycles. The Balaban J connectivity index is 1.34. The number of anilines is 1. The van der Waals surface area contributed by atoms with Gasteiger partial charge in [0, 0.05) is 43.5 Å². The van der Waals surface area contributed by atoms with E-state index in [0.717, 1.165) is 5.82 Å². The zero-order valence-electron chi connectivity index (χ0n) is 18.6. The highest BCUT2D eigenvalue weighted by Gasteiger charge is 2.24. The van der Waals surface area contributed by atoms with E-state index in [1.807, 2.05) is 6.07 Å². The summed E-state index contributed by atoms with van der Waals surface area (Å²) >= 11 is 5.92. The number of hydrogen-bond acceptors (Lipinski definition) is 5. The second-order valence-corrected chi connectivity index (χ2v) is 8.57. The maximum absolute atomic E-state index is 13.5. The fourth-order valence-corrected chi connectivity index (χ4v) is 4.07. The van der Waals surface area contributed by atoms with Crippen molar-refractivity contribution in [2.75, 3.05) is 31.1 Å². The summed E-state index contributed by atoms with van der Waals surface area (Å²) in [6.45, 7) is 2.33. The van der Waals surface area contributed by atoms with Crippen LogP contribution in [0.5, 0.6) is 0 Å². The van der Waals surface area contributed by atoms with Crippen molar-refractivity contribution in [3.8, 4) is 22.8 Å². The molecule has 7 nitrogen and oxygen atoms in total. The summed E-state index contributed by atoms with van der Waals surface area (Å²) in [5.74, 6) is 0.767. The van der Waals surface area contributed by atoms with E-state index in [9.17, 15) is 13.6 Å². The highest BCUT2D eigenvalue weighted by Crippen LogP contribution is 2.24. The van der Waals surface area contributed by atoms with E-state index >= 15 is 0 Å². The highest BCUT2D eigenvalue weighted by atomic mass is 35.5. The lowest BCUT2D eigenvalue weighted by molar-refractivity contribution is -0.132. The molecule has 4 aromatic rings. The second kappa shape index (κ2) is 9.79. The van der Waals surface area contributed by atoms with Crippen molar-refractivity contribution < 1.29 is 13.6 Å². The summed E-state index contributed by atoms with van der Waals surface area (Å²) in [7, 11) is 0. The molecule has 0 aliphatic carbocycles. The van der Waals surface area contributed by atoms with Gasteiger partial charge in [-0.25, -0.2) is 23.4 Å². The number of rotatable bonds is 5. The summed E-state index contributed by atoms with van der Waals surface area (Å²) < 4.78 is 28.4. The Bertz CT molecular complexity index is 1320. The molecule has 0 N–H and O–H groups in total. The minimum atomic E-state index is -0.373. The van der Waals surface area contributed by atoms with Gasteiger partial charge in [0.25, 0.3) is 0 Å². The van der Waals surface area contributed by atoms with Gasteiger partial charge in [0.1, 0.15) is 24.0 Å². The van der Waals surface area contributed by atoms with Crippen LogP contribution in [0.4, 0.5) is 14.6 Å². The van der Waals surface area contributed by atoms with Crippen LogP contribution >= 0.6 is 11.6 Å². The van der Waals surface area contributed by atoms with Crippen LogP contribution in [0.15, 0.2) is 66.9 Å².